The lowest BCUT2D eigenvalue weighted by molar-refractivity contribution is -0.0399. The second-order valence-electron chi connectivity index (χ2n) is 18.4. The molecule has 0 radical (unpaired) electrons. The van der Waals surface area contributed by atoms with Gasteiger partial charge in [-0.3, -0.25) is 0 Å². The highest BCUT2D eigenvalue weighted by Crippen LogP contribution is 2.69. The monoisotopic (exact) mass is 757 g/mol. The lowest BCUT2D eigenvalue weighted by atomic mass is 9.43. The van der Waals surface area contributed by atoms with Crippen molar-refractivity contribution in [3.8, 4) is 56.4 Å². The summed E-state index contributed by atoms with van der Waals surface area (Å²) in [4.78, 5) is 17.1. The second-order valence-corrected chi connectivity index (χ2v) is 23.9. The van der Waals surface area contributed by atoms with E-state index in [1.807, 2.05) is 11.8 Å². The molecule has 1 spiro atoms. The molecule has 2 aliphatic heterocycles. The summed E-state index contributed by atoms with van der Waals surface area (Å²) in [6, 6.07) is 39.4. The molecule has 8 aliphatic rings. The van der Waals surface area contributed by atoms with Crippen molar-refractivity contribution in [2.24, 2.45) is 23.7 Å². The first-order chi connectivity index (χ1) is 27.4. The Morgan fingerprint density at radius 2 is 1.21 bits per heavy atom. The summed E-state index contributed by atoms with van der Waals surface area (Å²) in [7, 11) is -1.87. The first-order valence-corrected chi connectivity index (χ1v) is 24.7. The quantitative estimate of drug-likeness (QED) is 0.169. The van der Waals surface area contributed by atoms with E-state index in [1.165, 1.54) is 64.8 Å². The highest BCUT2D eigenvalue weighted by molar-refractivity contribution is 8.00. The minimum atomic E-state index is -1.87. The van der Waals surface area contributed by atoms with Crippen LogP contribution in [0.1, 0.15) is 54.7 Å². The predicted octanol–water partition coefficient (Wildman–Crippen LogP) is 11.1. The summed E-state index contributed by atoms with van der Waals surface area (Å²) in [5.74, 6) is 5.88. The highest BCUT2D eigenvalue weighted by Gasteiger charge is 2.62. The minimum Gasteiger partial charge on any atom is -0.208 e. The molecule has 4 fully saturated rings. The molecule has 56 heavy (non-hydrogen) atoms. The number of allylic oxidation sites excluding steroid dienone is 3. The third kappa shape index (κ3) is 4.28. The number of hydrogen-bond acceptors (Lipinski definition) is 4. The van der Waals surface area contributed by atoms with Crippen LogP contribution in [0.15, 0.2) is 132 Å². The average Bonchev–Trinajstić information content (AvgIpc) is 3.82. The van der Waals surface area contributed by atoms with Crippen LogP contribution < -0.4 is 10.4 Å². The Morgan fingerprint density at radius 1 is 0.554 bits per heavy atom. The number of benzene rings is 5. The smallest absolute Gasteiger partial charge is 0.164 e. The van der Waals surface area contributed by atoms with Gasteiger partial charge in [0.15, 0.2) is 17.5 Å². The molecular formula is C51H43N3SSi. The van der Waals surface area contributed by atoms with E-state index < -0.39 is 8.07 Å². The lowest BCUT2D eigenvalue weighted by Crippen LogP contribution is -2.55. The Labute approximate surface area is 334 Å². The van der Waals surface area contributed by atoms with Crippen molar-refractivity contribution in [2.45, 2.75) is 66.7 Å². The van der Waals surface area contributed by atoms with Gasteiger partial charge in [-0.05, 0) is 123 Å². The van der Waals surface area contributed by atoms with Gasteiger partial charge in [0, 0.05) is 38.2 Å². The zero-order chi connectivity index (χ0) is 36.9. The Kier molecular flexibility index (Phi) is 6.56. The third-order valence-corrected chi connectivity index (χ3v) is 20.1. The number of fused-ring (bicyclic) bond motifs is 9. The van der Waals surface area contributed by atoms with E-state index in [9.17, 15) is 0 Å². The minimum absolute atomic E-state index is 0.0952. The molecule has 2 atom stereocenters. The number of rotatable bonds is 3. The third-order valence-electron chi connectivity index (χ3n) is 15.3. The molecular weight excluding hydrogens is 715 g/mol. The number of nitrogens with zero attached hydrogens (tertiary/aromatic N) is 3. The normalized spacial score (nSPS) is 28.5. The van der Waals surface area contributed by atoms with E-state index in [4.69, 9.17) is 15.0 Å². The summed E-state index contributed by atoms with van der Waals surface area (Å²) in [6.07, 6.45) is 16.0. The Balaban J connectivity index is 1.00. The van der Waals surface area contributed by atoms with Crippen molar-refractivity contribution in [1.29, 1.82) is 0 Å². The van der Waals surface area contributed by atoms with Crippen molar-refractivity contribution < 1.29 is 0 Å². The summed E-state index contributed by atoms with van der Waals surface area (Å²) >= 11 is 1.96. The van der Waals surface area contributed by atoms with Gasteiger partial charge in [0.25, 0.3) is 0 Å². The van der Waals surface area contributed by atoms with E-state index in [1.54, 1.807) is 21.5 Å². The fourth-order valence-corrected chi connectivity index (χ4v) is 17.5. The molecule has 0 saturated heterocycles. The summed E-state index contributed by atoms with van der Waals surface area (Å²) in [5.41, 5.74) is 13.8. The zero-order valence-electron chi connectivity index (χ0n) is 31.9. The molecule has 4 saturated carbocycles. The summed E-state index contributed by atoms with van der Waals surface area (Å²) in [5, 5.41) is 3.65. The van der Waals surface area contributed by atoms with E-state index in [0.29, 0.717) is 23.0 Å². The highest BCUT2D eigenvalue weighted by atomic mass is 32.2. The molecule has 5 heteroatoms. The topological polar surface area (TPSA) is 38.7 Å². The molecule has 2 unspecified atom stereocenters. The Bertz CT molecular complexity index is 2720. The first-order valence-electron chi connectivity index (χ1n) is 20.8. The lowest BCUT2D eigenvalue weighted by Gasteiger charge is -2.61. The largest absolute Gasteiger partial charge is 0.208 e. The van der Waals surface area contributed by atoms with Crippen molar-refractivity contribution in [2.75, 3.05) is 0 Å². The molecule has 0 amide bonds. The average molecular weight is 758 g/mol. The van der Waals surface area contributed by atoms with Gasteiger partial charge in [-0.15, -0.1) is 11.8 Å². The van der Waals surface area contributed by atoms with Crippen LogP contribution in [0.25, 0.3) is 56.4 Å². The van der Waals surface area contributed by atoms with Gasteiger partial charge in [0.05, 0.1) is 0 Å². The Hall–Kier alpha value is -4.84. The molecule has 272 valence electrons. The van der Waals surface area contributed by atoms with Gasteiger partial charge in [-0.1, -0.05) is 122 Å². The van der Waals surface area contributed by atoms with Gasteiger partial charge in [0.1, 0.15) is 8.07 Å². The van der Waals surface area contributed by atoms with Crippen LogP contribution in [0.3, 0.4) is 0 Å². The first kappa shape index (κ1) is 32.3. The molecule has 0 N–H and O–H groups in total. The fourth-order valence-electron chi connectivity index (χ4n) is 13.1. The predicted molar refractivity (Wildman–Crippen MR) is 232 cm³/mol. The van der Waals surface area contributed by atoms with E-state index in [0.717, 1.165) is 46.0 Å². The van der Waals surface area contributed by atoms with Crippen molar-refractivity contribution >= 4 is 30.2 Å². The summed E-state index contributed by atoms with van der Waals surface area (Å²) < 4.78 is 0. The van der Waals surface area contributed by atoms with Crippen LogP contribution in [-0.4, -0.2) is 28.3 Å². The maximum Gasteiger partial charge on any atom is 0.164 e. The second kappa shape index (κ2) is 11.4. The number of thioether (sulfide) groups is 1. The van der Waals surface area contributed by atoms with Gasteiger partial charge in [-0.2, -0.15) is 0 Å². The molecule has 6 aromatic rings. The summed E-state index contributed by atoms with van der Waals surface area (Å²) in [6.45, 7) is 5.12. The SMILES string of the molecule is C[Si]1(C)c2ccccc2-c2cc3c(cc21)-c1cc(-c2nc(-c4ccccc4)nc(-c4ccc5c(c4)SC4C=CC=CC54)n2)ccc1C31C2CC3CC(C2)CC1C3. The van der Waals surface area contributed by atoms with Gasteiger partial charge < -0.3 is 0 Å². The van der Waals surface area contributed by atoms with E-state index >= 15 is 0 Å². The van der Waals surface area contributed by atoms with Crippen LogP contribution in [0, 0.1) is 23.7 Å². The van der Waals surface area contributed by atoms with Crippen LogP contribution in [-0.2, 0) is 5.41 Å². The molecule has 4 bridgehead atoms. The van der Waals surface area contributed by atoms with Crippen LogP contribution in [0.4, 0.5) is 0 Å². The van der Waals surface area contributed by atoms with E-state index in [2.05, 4.69) is 141 Å². The van der Waals surface area contributed by atoms with Crippen LogP contribution in [0.5, 0.6) is 0 Å². The molecule has 14 rings (SSSR count). The maximum absolute atomic E-state index is 5.33. The van der Waals surface area contributed by atoms with Gasteiger partial charge in [-0.25, -0.2) is 15.0 Å². The number of aromatic nitrogens is 3. The number of hydrogen-bond donors (Lipinski definition) is 0. The van der Waals surface area contributed by atoms with Gasteiger partial charge in [0.2, 0.25) is 0 Å². The van der Waals surface area contributed by atoms with Crippen LogP contribution in [0.2, 0.25) is 13.1 Å². The Morgan fingerprint density at radius 3 is 2.00 bits per heavy atom. The van der Waals surface area contributed by atoms with E-state index in [-0.39, 0.29) is 5.41 Å². The van der Waals surface area contributed by atoms with Gasteiger partial charge >= 0.3 is 0 Å². The molecule has 6 aliphatic carbocycles. The van der Waals surface area contributed by atoms with Crippen LogP contribution >= 0.6 is 11.8 Å². The molecule has 3 heterocycles. The zero-order valence-corrected chi connectivity index (χ0v) is 33.7. The molecule has 5 aromatic carbocycles. The maximum atomic E-state index is 5.33. The fraction of sp³-hybridized carbons (Fsp3) is 0.275. The molecule has 1 aromatic heterocycles. The van der Waals surface area contributed by atoms with Crippen molar-refractivity contribution in [3.05, 3.63) is 144 Å². The van der Waals surface area contributed by atoms with Crippen molar-refractivity contribution in [1.82, 2.24) is 15.0 Å². The molecule has 3 nitrogen and oxygen atoms in total. The van der Waals surface area contributed by atoms with Crippen molar-refractivity contribution in [3.63, 3.8) is 0 Å². The standard InChI is InChI=1S/C51H43N3SSi/c1-56(2)46-15-9-7-13-38(46)41-27-43-40(28-47(41)56)39-25-32(17-19-42(39)51(43)34-21-29-20-30(23-34)24-35(51)22-29)49-52-48(31-10-4-3-5-11-31)53-50(54-49)33-16-18-37-36-12-6-8-14-44(36)55-45(37)26-33/h3-19,25-30,34-36,44H,20-24H2,1-2H3.